The average molecular weight is 395 g/mol. The fraction of sp³-hybridized carbons (Fsp3) is 0.364. The van der Waals surface area contributed by atoms with E-state index < -0.39 is 5.91 Å². The summed E-state index contributed by atoms with van der Waals surface area (Å²) in [7, 11) is 0. The Hall–Kier alpha value is -3.06. The number of hydrogen-bond donors (Lipinski definition) is 2. The van der Waals surface area contributed by atoms with Gasteiger partial charge in [0.15, 0.2) is 11.5 Å². The molecule has 7 nitrogen and oxygen atoms in total. The van der Waals surface area contributed by atoms with Crippen molar-refractivity contribution in [1.29, 1.82) is 0 Å². The fourth-order valence-corrected chi connectivity index (χ4v) is 3.88. The summed E-state index contributed by atoms with van der Waals surface area (Å²) in [5.74, 6) is 0.995. The van der Waals surface area contributed by atoms with Gasteiger partial charge in [-0.25, -0.2) is 0 Å². The van der Waals surface area contributed by atoms with Crippen molar-refractivity contribution >= 4 is 17.5 Å². The zero-order valence-electron chi connectivity index (χ0n) is 16.2. The minimum atomic E-state index is -0.488. The first-order chi connectivity index (χ1) is 14.1. The predicted molar refractivity (Wildman–Crippen MR) is 109 cm³/mol. The van der Waals surface area contributed by atoms with Gasteiger partial charge in [-0.3, -0.25) is 14.5 Å². The maximum absolute atomic E-state index is 12.6. The molecule has 2 aromatic rings. The molecule has 0 aromatic heterocycles. The van der Waals surface area contributed by atoms with Crippen molar-refractivity contribution in [3.63, 3.8) is 0 Å². The van der Waals surface area contributed by atoms with E-state index in [-0.39, 0.29) is 11.9 Å². The first kappa shape index (κ1) is 19.3. The van der Waals surface area contributed by atoms with Gasteiger partial charge in [-0.15, -0.1) is 0 Å². The summed E-state index contributed by atoms with van der Waals surface area (Å²) in [6.45, 7) is 2.49. The molecule has 1 fully saturated rings. The van der Waals surface area contributed by atoms with Crippen LogP contribution in [0.4, 0.5) is 5.69 Å². The monoisotopic (exact) mass is 395 g/mol. The van der Waals surface area contributed by atoms with Gasteiger partial charge in [-0.2, -0.15) is 0 Å². The number of rotatable bonds is 5. The summed E-state index contributed by atoms with van der Waals surface area (Å²) >= 11 is 0. The molecule has 2 heterocycles. The Morgan fingerprint density at radius 3 is 2.55 bits per heavy atom. The van der Waals surface area contributed by atoms with Crippen LogP contribution >= 0.6 is 0 Å². The molecular formula is C22H25N3O4. The van der Waals surface area contributed by atoms with Crippen LogP contribution < -0.4 is 20.5 Å². The highest BCUT2D eigenvalue weighted by Gasteiger charge is 2.28. The number of benzene rings is 2. The lowest BCUT2D eigenvalue weighted by atomic mass is 10.0. The first-order valence-electron chi connectivity index (χ1n) is 9.93. The van der Waals surface area contributed by atoms with Gasteiger partial charge in [-0.1, -0.05) is 6.07 Å². The number of carbonyl (C=O) groups excluding carboxylic acids is 2. The average Bonchev–Trinajstić information content (AvgIpc) is 3.03. The van der Waals surface area contributed by atoms with Gasteiger partial charge in [0.1, 0.15) is 0 Å². The van der Waals surface area contributed by atoms with Crippen molar-refractivity contribution in [2.45, 2.75) is 25.3 Å². The Kier molecular flexibility index (Phi) is 5.67. The molecule has 29 heavy (non-hydrogen) atoms. The van der Waals surface area contributed by atoms with Crippen LogP contribution in [0.3, 0.4) is 0 Å². The van der Waals surface area contributed by atoms with Gasteiger partial charge in [0.25, 0.3) is 0 Å². The van der Waals surface area contributed by atoms with Crippen LogP contribution in [0.5, 0.6) is 11.5 Å². The Morgan fingerprint density at radius 1 is 1.03 bits per heavy atom. The topological polar surface area (TPSA) is 93.9 Å². The maximum Gasteiger partial charge on any atom is 0.248 e. The highest BCUT2D eigenvalue weighted by molar-refractivity contribution is 5.95. The summed E-state index contributed by atoms with van der Waals surface area (Å²) < 4.78 is 11.5. The van der Waals surface area contributed by atoms with Gasteiger partial charge in [0, 0.05) is 23.7 Å². The maximum atomic E-state index is 12.6. The number of nitrogens with one attached hydrogen (secondary N) is 1. The van der Waals surface area contributed by atoms with Gasteiger partial charge < -0.3 is 20.5 Å². The van der Waals surface area contributed by atoms with Crippen LogP contribution in [0.25, 0.3) is 0 Å². The van der Waals surface area contributed by atoms with Gasteiger partial charge in [0.2, 0.25) is 11.8 Å². The van der Waals surface area contributed by atoms with Crippen LogP contribution in [0.15, 0.2) is 42.5 Å². The third kappa shape index (κ3) is 4.51. The molecule has 2 amide bonds. The predicted octanol–water partition coefficient (Wildman–Crippen LogP) is 2.72. The second-order valence-corrected chi connectivity index (χ2v) is 7.37. The number of anilines is 1. The van der Waals surface area contributed by atoms with E-state index in [1.807, 2.05) is 12.1 Å². The van der Waals surface area contributed by atoms with Crippen LogP contribution in [-0.4, -0.2) is 43.0 Å². The number of hydrogen-bond acceptors (Lipinski definition) is 5. The van der Waals surface area contributed by atoms with E-state index in [9.17, 15) is 9.59 Å². The Morgan fingerprint density at radius 2 is 1.79 bits per heavy atom. The molecule has 0 saturated carbocycles. The number of amides is 2. The first-order valence-corrected chi connectivity index (χ1v) is 9.93. The highest BCUT2D eigenvalue weighted by atomic mass is 16.5. The Bertz CT molecular complexity index is 897. The molecule has 2 aliphatic rings. The molecule has 0 aliphatic carbocycles. The Labute approximate surface area is 169 Å². The van der Waals surface area contributed by atoms with Crippen molar-refractivity contribution in [2.24, 2.45) is 5.73 Å². The molecule has 2 aliphatic heterocycles. The Balaban J connectivity index is 1.41. The smallest absolute Gasteiger partial charge is 0.248 e. The van der Waals surface area contributed by atoms with Crippen molar-refractivity contribution < 1.29 is 19.1 Å². The van der Waals surface area contributed by atoms with E-state index in [1.165, 1.54) is 0 Å². The van der Waals surface area contributed by atoms with E-state index in [2.05, 4.69) is 16.3 Å². The summed E-state index contributed by atoms with van der Waals surface area (Å²) in [5.41, 5.74) is 7.45. The molecule has 1 atom stereocenters. The standard InChI is InChI=1S/C22H25N3O4/c23-22(27)15-4-7-17(8-5-15)24-21(26)14-25-10-1-3-18(25)16-6-9-19-20(13-16)29-12-2-11-28-19/h4-9,13,18H,1-3,10-12,14H2,(H2,23,27)(H,24,26)/t18-/m0/s1. The molecule has 0 spiro atoms. The van der Waals surface area contributed by atoms with E-state index in [1.54, 1.807) is 24.3 Å². The second-order valence-electron chi connectivity index (χ2n) is 7.37. The molecule has 2 aromatic carbocycles. The largest absolute Gasteiger partial charge is 0.490 e. The van der Waals surface area contributed by atoms with Crippen molar-refractivity contribution in [3.05, 3.63) is 53.6 Å². The molecule has 0 radical (unpaired) electrons. The third-order valence-corrected chi connectivity index (χ3v) is 5.32. The van der Waals surface area contributed by atoms with E-state index in [0.717, 1.165) is 42.9 Å². The van der Waals surface area contributed by atoms with Crippen LogP contribution in [-0.2, 0) is 4.79 Å². The number of likely N-dealkylation sites (tertiary alicyclic amines) is 1. The molecule has 0 unspecified atom stereocenters. The summed E-state index contributed by atoms with van der Waals surface area (Å²) in [5, 5.41) is 2.89. The summed E-state index contributed by atoms with van der Waals surface area (Å²) in [6.07, 6.45) is 2.92. The second kappa shape index (κ2) is 8.53. The number of primary amides is 1. The molecular weight excluding hydrogens is 370 g/mol. The molecule has 3 N–H and O–H groups in total. The van der Waals surface area contributed by atoms with Crippen LogP contribution in [0.2, 0.25) is 0 Å². The van der Waals surface area contributed by atoms with Gasteiger partial charge >= 0.3 is 0 Å². The van der Waals surface area contributed by atoms with E-state index in [4.69, 9.17) is 15.2 Å². The van der Waals surface area contributed by atoms with Crippen LogP contribution in [0, 0.1) is 0 Å². The normalized spacial score (nSPS) is 18.8. The van der Waals surface area contributed by atoms with Crippen LogP contribution in [0.1, 0.15) is 41.2 Å². The lowest BCUT2D eigenvalue weighted by molar-refractivity contribution is -0.117. The van der Waals surface area contributed by atoms with E-state index >= 15 is 0 Å². The number of fused-ring (bicyclic) bond motifs is 1. The molecule has 7 heteroatoms. The lowest BCUT2D eigenvalue weighted by Crippen LogP contribution is -2.33. The zero-order chi connectivity index (χ0) is 20.2. The molecule has 4 rings (SSSR count). The zero-order valence-corrected chi connectivity index (χ0v) is 16.2. The fourth-order valence-electron chi connectivity index (χ4n) is 3.88. The number of nitrogens with two attached hydrogens (primary N) is 1. The number of nitrogens with zero attached hydrogens (tertiary/aromatic N) is 1. The minimum absolute atomic E-state index is 0.0851. The summed E-state index contributed by atoms with van der Waals surface area (Å²) in [4.78, 5) is 25.9. The van der Waals surface area contributed by atoms with Gasteiger partial charge in [-0.05, 0) is 61.3 Å². The quantitative estimate of drug-likeness (QED) is 0.812. The minimum Gasteiger partial charge on any atom is -0.490 e. The molecule has 152 valence electrons. The highest BCUT2D eigenvalue weighted by Crippen LogP contribution is 2.37. The SMILES string of the molecule is NC(=O)c1ccc(NC(=O)CN2CCC[C@H]2c2ccc3c(c2)OCCCO3)cc1. The number of carbonyl (C=O) groups is 2. The third-order valence-electron chi connectivity index (χ3n) is 5.32. The summed E-state index contributed by atoms with van der Waals surface area (Å²) in [6, 6.07) is 12.8. The van der Waals surface area contributed by atoms with Crippen molar-refractivity contribution in [1.82, 2.24) is 4.90 Å². The molecule has 0 bridgehead atoms. The molecule has 1 saturated heterocycles. The van der Waals surface area contributed by atoms with Crippen molar-refractivity contribution in [2.75, 3.05) is 31.6 Å². The van der Waals surface area contributed by atoms with Crippen molar-refractivity contribution in [3.8, 4) is 11.5 Å². The van der Waals surface area contributed by atoms with E-state index in [0.29, 0.717) is 31.0 Å². The number of ether oxygens (including phenoxy) is 2. The lowest BCUT2D eigenvalue weighted by Gasteiger charge is -2.25. The van der Waals surface area contributed by atoms with Gasteiger partial charge in [0.05, 0.1) is 19.8 Å².